The van der Waals surface area contributed by atoms with E-state index in [1.54, 1.807) is 53.7 Å². The Bertz CT molecular complexity index is 544. The lowest BCUT2D eigenvalue weighted by molar-refractivity contribution is 0.0204. The van der Waals surface area contributed by atoms with Crippen molar-refractivity contribution in [2.24, 2.45) is 0 Å². The molecule has 24 heavy (non-hydrogen) atoms. The van der Waals surface area contributed by atoms with Gasteiger partial charge in [-0.3, -0.25) is 0 Å². The zero-order valence-corrected chi connectivity index (χ0v) is 15.4. The van der Waals surface area contributed by atoms with Gasteiger partial charge >= 0.3 is 12.3 Å². The van der Waals surface area contributed by atoms with Gasteiger partial charge in [-0.2, -0.15) is 0 Å². The van der Waals surface area contributed by atoms with Gasteiger partial charge < -0.3 is 18.9 Å². The van der Waals surface area contributed by atoms with Crippen LogP contribution in [-0.2, 0) is 15.9 Å². The first-order valence-electron chi connectivity index (χ1n) is 7.83. The fraction of sp³-hybridized carbons (Fsp3) is 0.556. The third-order valence-electron chi connectivity index (χ3n) is 2.53. The summed E-state index contributed by atoms with van der Waals surface area (Å²) < 4.78 is 20.5. The van der Waals surface area contributed by atoms with E-state index < -0.39 is 23.5 Å². The molecule has 0 heterocycles. The van der Waals surface area contributed by atoms with Crippen LogP contribution >= 0.6 is 0 Å². The number of carbonyl (C=O) groups excluding carboxylic acids is 2. The molecule has 134 valence electrons. The Kier molecular flexibility index (Phi) is 6.23. The van der Waals surface area contributed by atoms with Gasteiger partial charge in [-0.15, -0.1) is 0 Å². The largest absolute Gasteiger partial charge is 0.514 e. The average Bonchev–Trinajstić information content (AvgIpc) is 2.33. The second kappa shape index (κ2) is 7.55. The number of ether oxygens (including phenoxy) is 4. The Morgan fingerprint density at radius 1 is 0.792 bits per heavy atom. The van der Waals surface area contributed by atoms with Gasteiger partial charge in [0.25, 0.3) is 0 Å². The van der Waals surface area contributed by atoms with Crippen molar-refractivity contribution in [1.82, 2.24) is 0 Å². The fourth-order valence-corrected chi connectivity index (χ4v) is 1.69. The Morgan fingerprint density at radius 3 is 1.46 bits per heavy atom. The number of carbonyl (C=O) groups is 2. The van der Waals surface area contributed by atoms with Gasteiger partial charge in [0.15, 0.2) is 0 Å². The highest BCUT2D eigenvalue weighted by molar-refractivity contribution is 5.67. The quantitative estimate of drug-likeness (QED) is 0.578. The zero-order valence-electron chi connectivity index (χ0n) is 15.4. The Hall–Kier alpha value is -2.24. The number of benzene rings is 1. The molecule has 6 nitrogen and oxygen atoms in total. The molecule has 0 bridgehead atoms. The van der Waals surface area contributed by atoms with Crippen LogP contribution in [0.5, 0.6) is 11.5 Å². The minimum absolute atomic E-state index is 0.238. The van der Waals surface area contributed by atoms with Crippen molar-refractivity contribution in [2.45, 2.75) is 66.1 Å². The predicted octanol–water partition coefficient (Wildman–Crippen LogP) is 4.88. The molecule has 0 radical (unpaired) electrons. The average molecular weight is 338 g/mol. The van der Waals surface area contributed by atoms with Crippen LogP contribution in [0.4, 0.5) is 9.59 Å². The van der Waals surface area contributed by atoms with E-state index in [-0.39, 0.29) is 11.5 Å². The number of aryl methyl sites for hydroxylation is 1. The van der Waals surface area contributed by atoms with E-state index in [1.807, 2.05) is 6.92 Å². The molecule has 0 aliphatic heterocycles. The number of rotatable bonds is 3. The van der Waals surface area contributed by atoms with Crippen LogP contribution in [0.2, 0.25) is 0 Å². The first-order valence-corrected chi connectivity index (χ1v) is 7.83. The van der Waals surface area contributed by atoms with Crippen molar-refractivity contribution < 1.29 is 28.5 Å². The molecule has 0 atom stereocenters. The zero-order chi connectivity index (χ0) is 18.5. The van der Waals surface area contributed by atoms with Crippen molar-refractivity contribution in [1.29, 1.82) is 0 Å². The summed E-state index contributed by atoms with van der Waals surface area (Å²) in [5.74, 6) is 0.476. The van der Waals surface area contributed by atoms with Crippen LogP contribution in [0.3, 0.4) is 0 Å². The van der Waals surface area contributed by atoms with E-state index in [9.17, 15) is 9.59 Å². The van der Waals surface area contributed by atoms with Gasteiger partial charge in [-0.1, -0.05) is 6.92 Å². The first-order chi connectivity index (χ1) is 10.9. The highest BCUT2D eigenvalue weighted by Gasteiger charge is 2.20. The molecule has 1 rings (SSSR count). The van der Waals surface area contributed by atoms with Crippen LogP contribution in [-0.4, -0.2) is 23.5 Å². The smallest absolute Gasteiger partial charge is 0.428 e. The summed E-state index contributed by atoms with van der Waals surface area (Å²) in [7, 11) is 0. The lowest BCUT2D eigenvalue weighted by Gasteiger charge is -2.20. The monoisotopic (exact) mass is 338 g/mol. The topological polar surface area (TPSA) is 71.1 Å². The van der Waals surface area contributed by atoms with Crippen molar-refractivity contribution in [2.75, 3.05) is 0 Å². The molecule has 6 heteroatoms. The molecule has 0 spiro atoms. The van der Waals surface area contributed by atoms with Gasteiger partial charge in [0.1, 0.15) is 22.7 Å². The lowest BCUT2D eigenvalue weighted by atomic mass is 10.1. The number of hydrogen-bond donors (Lipinski definition) is 0. The maximum Gasteiger partial charge on any atom is 0.514 e. The second-order valence-electron chi connectivity index (χ2n) is 7.30. The molecule has 0 saturated carbocycles. The molecule has 0 amide bonds. The normalized spacial score (nSPS) is 11.6. The molecule has 0 aliphatic rings. The molecular formula is C18H26O6. The highest BCUT2D eigenvalue weighted by atomic mass is 16.7. The van der Waals surface area contributed by atoms with Gasteiger partial charge in [-0.25, -0.2) is 9.59 Å². The van der Waals surface area contributed by atoms with Crippen LogP contribution in [0.1, 0.15) is 54.0 Å². The van der Waals surface area contributed by atoms with Crippen molar-refractivity contribution >= 4 is 12.3 Å². The molecule has 0 saturated heterocycles. The van der Waals surface area contributed by atoms with E-state index in [2.05, 4.69) is 0 Å². The molecule has 1 aromatic rings. The van der Waals surface area contributed by atoms with Gasteiger partial charge in [0.05, 0.1) is 0 Å². The summed E-state index contributed by atoms with van der Waals surface area (Å²) in [5.41, 5.74) is -0.473. The van der Waals surface area contributed by atoms with E-state index >= 15 is 0 Å². The predicted molar refractivity (Wildman–Crippen MR) is 89.5 cm³/mol. The van der Waals surface area contributed by atoms with Crippen LogP contribution in [0.25, 0.3) is 0 Å². The maximum atomic E-state index is 11.8. The van der Waals surface area contributed by atoms with Crippen molar-refractivity contribution in [3.05, 3.63) is 23.8 Å². The van der Waals surface area contributed by atoms with Crippen molar-refractivity contribution in [3.8, 4) is 11.5 Å². The summed E-state index contributed by atoms with van der Waals surface area (Å²) in [6.07, 6.45) is -0.964. The summed E-state index contributed by atoms with van der Waals surface area (Å²) >= 11 is 0. The third kappa shape index (κ3) is 7.85. The van der Waals surface area contributed by atoms with Crippen molar-refractivity contribution in [3.63, 3.8) is 0 Å². The van der Waals surface area contributed by atoms with Crippen LogP contribution in [0, 0.1) is 0 Å². The Morgan fingerprint density at radius 2 is 1.17 bits per heavy atom. The second-order valence-corrected chi connectivity index (χ2v) is 7.30. The highest BCUT2D eigenvalue weighted by Crippen LogP contribution is 2.25. The molecule has 0 unspecified atom stereocenters. The molecular weight excluding hydrogens is 312 g/mol. The molecule has 0 fully saturated rings. The van der Waals surface area contributed by atoms with Crippen LogP contribution < -0.4 is 9.47 Å². The van der Waals surface area contributed by atoms with E-state index in [4.69, 9.17) is 18.9 Å². The molecule has 0 aliphatic carbocycles. The standard InChI is InChI=1S/C18H26O6/c1-8-12-9-13(21-15(19)23-17(2,3)4)11-14(10-12)22-16(20)24-18(5,6)7/h9-11H,8H2,1-7H3. The summed E-state index contributed by atoms with van der Waals surface area (Å²) in [4.78, 5) is 23.5. The van der Waals surface area contributed by atoms with Crippen LogP contribution in [0.15, 0.2) is 18.2 Å². The SMILES string of the molecule is CCc1cc(OC(=O)OC(C)(C)C)cc(OC(=O)OC(C)(C)C)c1. The fourth-order valence-electron chi connectivity index (χ4n) is 1.69. The van der Waals surface area contributed by atoms with Gasteiger partial charge in [0.2, 0.25) is 0 Å². The summed E-state index contributed by atoms with van der Waals surface area (Å²) in [5, 5.41) is 0. The third-order valence-corrected chi connectivity index (χ3v) is 2.53. The van der Waals surface area contributed by atoms with Gasteiger partial charge in [0, 0.05) is 6.07 Å². The maximum absolute atomic E-state index is 11.8. The molecule has 0 N–H and O–H groups in total. The Labute approximate surface area is 143 Å². The summed E-state index contributed by atoms with van der Waals surface area (Å²) in [6.45, 7) is 12.4. The molecule has 0 aromatic heterocycles. The van der Waals surface area contributed by atoms with Gasteiger partial charge in [-0.05, 0) is 65.7 Å². The minimum atomic E-state index is -0.820. The summed E-state index contributed by atoms with van der Waals surface area (Å²) in [6, 6.07) is 4.81. The van der Waals surface area contributed by atoms with E-state index in [0.29, 0.717) is 6.42 Å². The van der Waals surface area contributed by atoms with E-state index in [1.165, 1.54) is 6.07 Å². The van der Waals surface area contributed by atoms with E-state index in [0.717, 1.165) is 5.56 Å². The number of hydrogen-bond acceptors (Lipinski definition) is 6. The molecule has 1 aromatic carbocycles. The minimum Gasteiger partial charge on any atom is -0.428 e. The Balaban J connectivity index is 2.88. The first kappa shape index (κ1) is 19.8. The lowest BCUT2D eigenvalue weighted by Crippen LogP contribution is -2.26.